The minimum Gasteiger partial charge on any atom is -0.460 e. The summed E-state index contributed by atoms with van der Waals surface area (Å²) in [5.74, 6) is -3.29. The molecule has 12 heteroatoms. The Balaban J connectivity index is 1.77. The van der Waals surface area contributed by atoms with Gasteiger partial charge in [0, 0.05) is 13.1 Å². The number of hydrogen-bond donors (Lipinski definition) is 3. The second-order valence-corrected chi connectivity index (χ2v) is 15.8. The highest BCUT2D eigenvalue weighted by Gasteiger charge is 2.69. The first kappa shape index (κ1) is 38.0. The molecule has 12 nitrogen and oxygen atoms in total. The van der Waals surface area contributed by atoms with E-state index in [0.717, 1.165) is 32.1 Å². The monoisotopic (exact) mass is 660 g/mol. The van der Waals surface area contributed by atoms with Crippen LogP contribution in [0.4, 0.5) is 4.79 Å². The zero-order chi connectivity index (χ0) is 35.3. The molecule has 3 N–H and O–H groups in total. The third-order valence-corrected chi connectivity index (χ3v) is 9.37. The van der Waals surface area contributed by atoms with E-state index in [1.807, 2.05) is 0 Å². The van der Waals surface area contributed by atoms with Gasteiger partial charge in [-0.3, -0.25) is 24.0 Å². The lowest BCUT2D eigenvalue weighted by molar-refractivity contribution is -0.154. The Morgan fingerprint density at radius 1 is 0.936 bits per heavy atom. The van der Waals surface area contributed by atoms with Gasteiger partial charge in [-0.2, -0.15) is 0 Å². The maximum atomic E-state index is 14.3. The number of hydrogen-bond acceptors (Lipinski definition) is 8. The van der Waals surface area contributed by atoms with Crippen molar-refractivity contribution < 1.29 is 38.2 Å². The number of nitrogens with zero attached hydrogens (tertiary/aromatic N) is 1. The Hall–Kier alpha value is -3.44. The molecule has 0 aromatic heterocycles. The van der Waals surface area contributed by atoms with E-state index in [2.05, 4.69) is 36.4 Å². The Morgan fingerprint density at radius 2 is 1.55 bits per heavy atom. The van der Waals surface area contributed by atoms with E-state index in [4.69, 9.17) is 9.47 Å². The number of alkyl carbamates (subject to hydrolysis) is 1. The highest BCUT2D eigenvalue weighted by Crippen LogP contribution is 2.65. The second-order valence-electron chi connectivity index (χ2n) is 15.8. The van der Waals surface area contributed by atoms with Crippen molar-refractivity contribution in [3.8, 4) is 0 Å². The summed E-state index contributed by atoms with van der Waals surface area (Å²) in [5.41, 5.74) is -1.62. The van der Waals surface area contributed by atoms with Gasteiger partial charge in [-0.15, -0.1) is 6.58 Å². The third kappa shape index (κ3) is 10.3. The van der Waals surface area contributed by atoms with Gasteiger partial charge in [-0.05, 0) is 90.4 Å². The molecule has 0 aromatic rings. The molecule has 1 saturated heterocycles. The minimum absolute atomic E-state index is 0.0780. The number of ketones is 1. The smallest absolute Gasteiger partial charge is 0.408 e. The third-order valence-electron chi connectivity index (χ3n) is 9.37. The first-order valence-corrected chi connectivity index (χ1v) is 17.0. The molecule has 1 aliphatic heterocycles. The van der Waals surface area contributed by atoms with Crippen molar-refractivity contribution in [2.45, 2.75) is 136 Å². The number of nitrogens with one attached hydrogen (secondary N) is 3. The molecule has 1 heterocycles. The number of Topliss-reactive ketones (excluding diaryl/α,β-unsaturated/α-hetero) is 1. The van der Waals surface area contributed by atoms with Gasteiger partial charge in [0.05, 0.1) is 12.5 Å². The summed E-state index contributed by atoms with van der Waals surface area (Å²) in [4.78, 5) is 80.9. The summed E-state index contributed by atoms with van der Waals surface area (Å²) in [6.07, 6.45) is 5.79. The van der Waals surface area contributed by atoms with Crippen molar-refractivity contribution in [2.75, 3.05) is 13.1 Å². The van der Waals surface area contributed by atoms with Crippen LogP contribution < -0.4 is 16.0 Å². The van der Waals surface area contributed by atoms with Crippen molar-refractivity contribution in [1.82, 2.24) is 20.9 Å². The Labute approximate surface area is 279 Å². The number of esters is 1. The number of likely N-dealkylation sites (tertiary alicyclic amines) is 1. The van der Waals surface area contributed by atoms with Gasteiger partial charge in [0.2, 0.25) is 17.6 Å². The molecule has 0 aromatic carbocycles. The zero-order valence-electron chi connectivity index (χ0n) is 29.5. The van der Waals surface area contributed by atoms with E-state index in [1.54, 1.807) is 52.5 Å². The first-order chi connectivity index (χ1) is 21.8. The highest BCUT2D eigenvalue weighted by atomic mass is 16.6. The van der Waals surface area contributed by atoms with Gasteiger partial charge < -0.3 is 30.3 Å². The summed E-state index contributed by atoms with van der Waals surface area (Å²) in [6.45, 7) is 18.5. The van der Waals surface area contributed by atoms with E-state index in [0.29, 0.717) is 13.0 Å². The summed E-state index contributed by atoms with van der Waals surface area (Å²) < 4.78 is 10.7. The van der Waals surface area contributed by atoms with Gasteiger partial charge in [0.25, 0.3) is 5.91 Å². The van der Waals surface area contributed by atoms with Crippen LogP contribution in [0.25, 0.3) is 0 Å². The van der Waals surface area contributed by atoms with Crippen molar-refractivity contribution in [3.05, 3.63) is 12.7 Å². The van der Waals surface area contributed by atoms with Gasteiger partial charge in [0.15, 0.2) is 0 Å². The fourth-order valence-corrected chi connectivity index (χ4v) is 7.00. The molecule has 5 atom stereocenters. The predicted octanol–water partition coefficient (Wildman–Crippen LogP) is 3.81. The van der Waals surface area contributed by atoms with Gasteiger partial charge in [-0.25, -0.2) is 4.79 Å². The van der Waals surface area contributed by atoms with Crippen LogP contribution in [-0.2, 0) is 33.4 Å². The lowest BCUT2D eigenvalue weighted by atomic mass is 9.83. The Morgan fingerprint density at radius 3 is 2.13 bits per heavy atom. The largest absolute Gasteiger partial charge is 0.460 e. The van der Waals surface area contributed by atoms with E-state index in [1.165, 1.54) is 0 Å². The van der Waals surface area contributed by atoms with Crippen LogP contribution in [-0.4, -0.2) is 82.9 Å². The molecular formula is C35H56N4O8. The van der Waals surface area contributed by atoms with Gasteiger partial charge >= 0.3 is 12.1 Å². The maximum absolute atomic E-state index is 14.3. The second kappa shape index (κ2) is 15.2. The fourth-order valence-electron chi connectivity index (χ4n) is 7.00. The first-order valence-electron chi connectivity index (χ1n) is 17.0. The number of amides is 4. The number of piperidine rings is 1. The molecule has 2 aliphatic carbocycles. The molecule has 4 amide bonds. The summed E-state index contributed by atoms with van der Waals surface area (Å²) in [7, 11) is 0. The van der Waals surface area contributed by atoms with Crippen molar-refractivity contribution in [2.24, 2.45) is 23.2 Å². The van der Waals surface area contributed by atoms with Crippen LogP contribution >= 0.6 is 0 Å². The fraction of sp³-hybridized carbons (Fsp3) is 0.771. The molecule has 2 saturated carbocycles. The molecule has 0 radical (unpaired) electrons. The van der Waals surface area contributed by atoms with Crippen molar-refractivity contribution in [3.63, 3.8) is 0 Å². The highest BCUT2D eigenvalue weighted by molar-refractivity contribution is 6.38. The van der Waals surface area contributed by atoms with Crippen LogP contribution in [0.15, 0.2) is 12.7 Å². The number of carbonyl (C=O) groups is 6. The molecule has 47 heavy (non-hydrogen) atoms. The summed E-state index contributed by atoms with van der Waals surface area (Å²) in [5, 5.41) is 8.07. The molecule has 264 valence electrons. The van der Waals surface area contributed by atoms with Crippen molar-refractivity contribution >= 4 is 35.6 Å². The Kier molecular flexibility index (Phi) is 12.3. The lowest BCUT2D eigenvalue weighted by Crippen LogP contribution is -2.59. The molecule has 0 unspecified atom stereocenters. The standard InChI is InChI=1S/C35H56N4O8/c1-10-11-17-23(28(41)30(43)36-19-18-24(40)46-33(2,3)4)37-29(42)27-25-22(35(25,8)9)20-39(27)31(44)26(21-15-13-12-14-16-21)38-32(45)47-34(5,6)7/h10,21-23,25-27H,1,11-20H2,2-9H3,(H,36,43)(H,37,42)(H,38,45)/t22-,23+,25-,26-,27-/m0/s1. The van der Waals surface area contributed by atoms with Gasteiger partial charge in [0.1, 0.15) is 23.3 Å². The average molecular weight is 661 g/mol. The van der Waals surface area contributed by atoms with Crippen LogP contribution in [0, 0.1) is 23.2 Å². The quantitative estimate of drug-likeness (QED) is 0.153. The number of ether oxygens (including phenoxy) is 2. The van der Waals surface area contributed by atoms with Crippen LogP contribution in [0.3, 0.4) is 0 Å². The van der Waals surface area contributed by atoms with E-state index in [9.17, 15) is 28.8 Å². The zero-order valence-corrected chi connectivity index (χ0v) is 29.5. The van der Waals surface area contributed by atoms with Crippen molar-refractivity contribution in [1.29, 1.82) is 0 Å². The molecule has 3 rings (SSSR count). The number of rotatable bonds is 13. The number of fused-ring (bicyclic) bond motifs is 1. The van der Waals surface area contributed by atoms with Gasteiger partial charge in [-0.1, -0.05) is 39.2 Å². The van der Waals surface area contributed by atoms with E-state index in [-0.39, 0.29) is 48.5 Å². The van der Waals surface area contributed by atoms with E-state index >= 15 is 0 Å². The summed E-state index contributed by atoms with van der Waals surface area (Å²) in [6, 6.07) is -2.88. The van der Waals surface area contributed by atoms with Crippen LogP contribution in [0.1, 0.15) is 107 Å². The number of carbonyl (C=O) groups excluding carboxylic acids is 6. The maximum Gasteiger partial charge on any atom is 0.408 e. The normalized spacial score (nSPS) is 23.4. The molecular weight excluding hydrogens is 604 g/mol. The topological polar surface area (TPSA) is 160 Å². The molecule has 0 bridgehead atoms. The average Bonchev–Trinajstić information content (AvgIpc) is 3.26. The van der Waals surface area contributed by atoms with Crippen LogP contribution in [0.2, 0.25) is 0 Å². The van der Waals surface area contributed by atoms with E-state index < -0.39 is 59.0 Å². The minimum atomic E-state index is -1.16. The Bertz CT molecular complexity index is 1210. The predicted molar refractivity (Wildman–Crippen MR) is 176 cm³/mol. The SMILES string of the molecule is C=CCC[C@@H](NC(=O)[C@@H]1[C@@H]2[C@H](CN1C(=O)[C@@H](NC(=O)OC(C)(C)C)C1CCCCC1)C2(C)C)C(=O)C(=O)NCCC(=O)OC(C)(C)C. The van der Waals surface area contributed by atoms with Crippen LogP contribution in [0.5, 0.6) is 0 Å². The summed E-state index contributed by atoms with van der Waals surface area (Å²) >= 11 is 0. The molecule has 0 spiro atoms. The number of allylic oxidation sites excluding steroid dienone is 1. The molecule has 3 fully saturated rings. The lowest BCUT2D eigenvalue weighted by Gasteiger charge is -2.37. The molecule has 3 aliphatic rings.